The molecule has 0 bridgehead atoms. The second-order valence-electron chi connectivity index (χ2n) is 3.22. The number of benzene rings is 1. The number of ether oxygens (including phenoxy) is 1. The molecule has 1 aromatic carbocycles. The van der Waals surface area contributed by atoms with Gasteiger partial charge < -0.3 is 4.74 Å². The molecule has 0 spiro atoms. The molecule has 1 aromatic heterocycles. The van der Waals surface area contributed by atoms with Gasteiger partial charge in [0.2, 0.25) is 5.88 Å². The molecule has 4 heteroatoms. The highest BCUT2D eigenvalue weighted by atomic mass is 16.5. The number of hydrogen-bond acceptors (Lipinski definition) is 4. The molecular formula is C13H8N2O2. The Kier molecular flexibility index (Phi) is 3.13. The zero-order valence-electron chi connectivity index (χ0n) is 8.83. The van der Waals surface area contributed by atoms with Crippen LogP contribution in [0.25, 0.3) is 0 Å². The standard InChI is InChI=1S/C13H8N2O2/c14-9-12(16)11-7-4-8-13(15-11)17-10-5-2-1-3-6-10/h1-8H. The summed E-state index contributed by atoms with van der Waals surface area (Å²) < 4.78 is 5.44. The van der Waals surface area contributed by atoms with Crippen LogP contribution in [0, 0.1) is 11.3 Å². The molecular weight excluding hydrogens is 216 g/mol. The van der Waals surface area contributed by atoms with Gasteiger partial charge in [0.1, 0.15) is 17.5 Å². The maximum Gasteiger partial charge on any atom is 0.280 e. The minimum Gasteiger partial charge on any atom is -0.439 e. The van der Waals surface area contributed by atoms with E-state index >= 15 is 0 Å². The molecule has 17 heavy (non-hydrogen) atoms. The third-order valence-corrected chi connectivity index (χ3v) is 2.02. The summed E-state index contributed by atoms with van der Waals surface area (Å²) in [5.41, 5.74) is 0.0842. The first-order valence-corrected chi connectivity index (χ1v) is 4.94. The van der Waals surface area contributed by atoms with E-state index in [0.717, 1.165) is 0 Å². The van der Waals surface area contributed by atoms with E-state index in [1.165, 1.54) is 12.1 Å². The summed E-state index contributed by atoms with van der Waals surface area (Å²) in [5.74, 6) is 0.238. The Morgan fingerprint density at radius 1 is 1.12 bits per heavy atom. The van der Waals surface area contributed by atoms with Gasteiger partial charge in [0.05, 0.1) is 0 Å². The van der Waals surface area contributed by atoms with Crippen molar-refractivity contribution in [3.8, 4) is 17.7 Å². The van der Waals surface area contributed by atoms with Crippen molar-refractivity contribution in [1.82, 2.24) is 4.98 Å². The maximum atomic E-state index is 11.1. The Balaban J connectivity index is 2.23. The van der Waals surface area contributed by atoms with Gasteiger partial charge in [-0.25, -0.2) is 4.98 Å². The van der Waals surface area contributed by atoms with E-state index in [1.807, 2.05) is 18.2 Å². The second kappa shape index (κ2) is 4.90. The van der Waals surface area contributed by atoms with Gasteiger partial charge in [-0.2, -0.15) is 5.26 Å². The smallest absolute Gasteiger partial charge is 0.280 e. The molecule has 0 atom stereocenters. The molecule has 0 saturated heterocycles. The molecule has 0 radical (unpaired) electrons. The molecule has 0 aliphatic heterocycles. The number of Topliss-reactive ketones (excluding diaryl/α,β-unsaturated/α-hetero) is 1. The lowest BCUT2D eigenvalue weighted by Crippen LogP contribution is -1.99. The van der Waals surface area contributed by atoms with Crippen LogP contribution in [0.4, 0.5) is 0 Å². The van der Waals surface area contributed by atoms with Gasteiger partial charge in [-0.1, -0.05) is 24.3 Å². The van der Waals surface area contributed by atoms with Gasteiger partial charge in [-0.3, -0.25) is 4.79 Å². The van der Waals surface area contributed by atoms with Gasteiger partial charge in [-0.05, 0) is 18.2 Å². The van der Waals surface area contributed by atoms with Crippen molar-refractivity contribution < 1.29 is 9.53 Å². The number of nitrogens with zero attached hydrogens (tertiary/aromatic N) is 2. The van der Waals surface area contributed by atoms with Crippen LogP contribution in [0.5, 0.6) is 11.6 Å². The zero-order valence-corrected chi connectivity index (χ0v) is 8.83. The molecule has 2 rings (SSSR count). The van der Waals surface area contributed by atoms with Crippen LogP contribution in [-0.2, 0) is 0 Å². The molecule has 0 fully saturated rings. The maximum absolute atomic E-state index is 11.1. The topological polar surface area (TPSA) is 63.0 Å². The van der Waals surface area contributed by atoms with Crippen molar-refractivity contribution in [1.29, 1.82) is 5.26 Å². The molecule has 0 N–H and O–H groups in total. The number of hydrogen-bond donors (Lipinski definition) is 0. The SMILES string of the molecule is N#CC(=O)c1cccc(Oc2ccccc2)n1. The zero-order chi connectivity index (χ0) is 12.1. The first-order valence-electron chi connectivity index (χ1n) is 4.94. The molecule has 4 nitrogen and oxygen atoms in total. The molecule has 0 aliphatic rings. The molecule has 0 unspecified atom stereocenters. The van der Waals surface area contributed by atoms with Crippen LogP contribution in [0.15, 0.2) is 48.5 Å². The van der Waals surface area contributed by atoms with E-state index in [4.69, 9.17) is 10.00 Å². The number of rotatable bonds is 3. The fourth-order valence-corrected chi connectivity index (χ4v) is 1.26. The third-order valence-electron chi connectivity index (χ3n) is 2.02. The average molecular weight is 224 g/mol. The Morgan fingerprint density at radius 3 is 2.59 bits per heavy atom. The van der Waals surface area contributed by atoms with Crippen LogP contribution < -0.4 is 4.74 Å². The van der Waals surface area contributed by atoms with Crippen molar-refractivity contribution in [3.63, 3.8) is 0 Å². The van der Waals surface area contributed by atoms with Gasteiger partial charge in [0, 0.05) is 6.07 Å². The van der Waals surface area contributed by atoms with Crippen LogP contribution in [0.1, 0.15) is 10.5 Å². The lowest BCUT2D eigenvalue weighted by atomic mass is 10.3. The summed E-state index contributed by atoms with van der Waals surface area (Å²) in [6.45, 7) is 0. The largest absolute Gasteiger partial charge is 0.439 e. The quantitative estimate of drug-likeness (QED) is 0.593. The number of carbonyl (C=O) groups is 1. The molecule has 82 valence electrons. The van der Waals surface area contributed by atoms with E-state index in [0.29, 0.717) is 5.75 Å². The first kappa shape index (κ1) is 10.8. The minimum atomic E-state index is -0.677. The van der Waals surface area contributed by atoms with Gasteiger partial charge in [-0.15, -0.1) is 0 Å². The van der Waals surface area contributed by atoms with E-state index in [9.17, 15) is 4.79 Å². The number of ketones is 1. The fraction of sp³-hybridized carbons (Fsp3) is 0. The Labute approximate surface area is 98.1 Å². The Hall–Kier alpha value is -2.67. The number of nitriles is 1. The van der Waals surface area contributed by atoms with Crippen LogP contribution in [-0.4, -0.2) is 10.8 Å². The Morgan fingerprint density at radius 2 is 1.88 bits per heavy atom. The summed E-state index contributed by atoms with van der Waals surface area (Å²) in [6.07, 6.45) is 0. The first-order chi connectivity index (χ1) is 8.29. The van der Waals surface area contributed by atoms with E-state index in [2.05, 4.69) is 4.98 Å². The second-order valence-corrected chi connectivity index (χ2v) is 3.22. The number of aromatic nitrogens is 1. The monoisotopic (exact) mass is 224 g/mol. The molecule has 2 aromatic rings. The molecule has 0 aliphatic carbocycles. The molecule has 0 saturated carbocycles. The highest BCUT2D eigenvalue weighted by molar-refractivity contribution is 6.06. The van der Waals surface area contributed by atoms with Crippen LogP contribution >= 0.6 is 0 Å². The van der Waals surface area contributed by atoms with Crippen LogP contribution in [0.2, 0.25) is 0 Å². The Bertz CT molecular complexity index is 573. The lowest BCUT2D eigenvalue weighted by molar-refractivity contribution is 0.104. The summed E-state index contributed by atoms with van der Waals surface area (Å²) in [7, 11) is 0. The molecule has 0 amide bonds. The highest BCUT2D eigenvalue weighted by Gasteiger charge is 2.07. The lowest BCUT2D eigenvalue weighted by Gasteiger charge is -2.04. The van der Waals surface area contributed by atoms with Crippen molar-refractivity contribution in [2.45, 2.75) is 0 Å². The van der Waals surface area contributed by atoms with Gasteiger partial charge in [0.15, 0.2) is 0 Å². The predicted molar refractivity (Wildman–Crippen MR) is 60.7 cm³/mol. The van der Waals surface area contributed by atoms with E-state index in [-0.39, 0.29) is 11.6 Å². The highest BCUT2D eigenvalue weighted by Crippen LogP contribution is 2.18. The minimum absolute atomic E-state index is 0.0842. The summed E-state index contributed by atoms with van der Waals surface area (Å²) in [6, 6.07) is 15.3. The fourth-order valence-electron chi connectivity index (χ4n) is 1.26. The van der Waals surface area contributed by atoms with E-state index in [1.54, 1.807) is 24.3 Å². The van der Waals surface area contributed by atoms with E-state index < -0.39 is 5.78 Å². The number of carbonyl (C=O) groups excluding carboxylic acids is 1. The normalized spacial score (nSPS) is 9.35. The number of pyridine rings is 1. The van der Waals surface area contributed by atoms with Crippen molar-refractivity contribution in [3.05, 3.63) is 54.2 Å². The van der Waals surface area contributed by atoms with Crippen LogP contribution in [0.3, 0.4) is 0 Å². The van der Waals surface area contributed by atoms with Crippen molar-refractivity contribution in [2.75, 3.05) is 0 Å². The van der Waals surface area contributed by atoms with Gasteiger partial charge >= 0.3 is 0 Å². The molecule has 1 heterocycles. The third kappa shape index (κ3) is 2.67. The van der Waals surface area contributed by atoms with Crippen molar-refractivity contribution >= 4 is 5.78 Å². The number of para-hydroxylation sites is 1. The summed E-state index contributed by atoms with van der Waals surface area (Å²) in [4.78, 5) is 15.1. The predicted octanol–water partition coefficient (Wildman–Crippen LogP) is 2.58. The summed E-state index contributed by atoms with van der Waals surface area (Å²) in [5, 5.41) is 8.49. The van der Waals surface area contributed by atoms with Gasteiger partial charge in [0.25, 0.3) is 5.78 Å². The average Bonchev–Trinajstić information content (AvgIpc) is 2.39. The summed E-state index contributed by atoms with van der Waals surface area (Å²) >= 11 is 0. The van der Waals surface area contributed by atoms with Crippen molar-refractivity contribution in [2.24, 2.45) is 0 Å².